The number of hydrogen-bond acceptors (Lipinski definition) is 7. The van der Waals surface area contributed by atoms with Gasteiger partial charge in [-0.25, -0.2) is 9.97 Å². The maximum Gasteiger partial charge on any atom is 0.316 e. The van der Waals surface area contributed by atoms with E-state index in [1.165, 1.54) is 34.0 Å². The molecule has 0 aliphatic carbocycles. The number of rotatable bonds is 4. The molecule has 23 heavy (non-hydrogen) atoms. The third-order valence-corrected chi connectivity index (χ3v) is 6.42. The molecule has 0 unspecified atom stereocenters. The molecule has 0 amide bonds. The second-order valence-corrected chi connectivity index (χ2v) is 9.21. The van der Waals surface area contributed by atoms with E-state index in [4.69, 9.17) is 4.74 Å². The maximum atomic E-state index is 11.2. The molecule has 1 aliphatic heterocycles. The Morgan fingerprint density at radius 1 is 1.43 bits per heavy atom. The first-order valence-electron chi connectivity index (χ1n) is 7.20. The van der Waals surface area contributed by atoms with Crippen molar-refractivity contribution in [1.82, 2.24) is 9.97 Å². The lowest BCUT2D eigenvalue weighted by atomic mass is 9.95. The average Bonchev–Trinajstić information content (AvgIpc) is 2.83. The number of hydrogen-bond donors (Lipinski definition) is 1. The van der Waals surface area contributed by atoms with Crippen LogP contribution < -0.4 is 0 Å². The van der Waals surface area contributed by atoms with Crippen LogP contribution in [-0.2, 0) is 22.6 Å². The van der Waals surface area contributed by atoms with Crippen LogP contribution in [0.15, 0.2) is 10.2 Å². The zero-order chi connectivity index (χ0) is 16.8. The number of ether oxygens (including phenoxy) is 1. The predicted octanol–water partition coefficient (Wildman–Crippen LogP) is 3.83. The minimum atomic E-state index is -0.833. The number of thioether (sulfide) groups is 2. The van der Waals surface area contributed by atoms with Gasteiger partial charge in [0, 0.05) is 16.7 Å². The van der Waals surface area contributed by atoms with Gasteiger partial charge in [0.05, 0.1) is 12.2 Å². The summed E-state index contributed by atoms with van der Waals surface area (Å²) >= 11 is 4.39. The van der Waals surface area contributed by atoms with Crippen molar-refractivity contribution in [2.45, 2.75) is 54.8 Å². The standard InChI is InChI=1S/C15H18N2O3S3/c1-7(13(18)19)22-11-10-8-5-15(2,3)20-6-9(8)23-12(10)17-14(16-11)21-4/h7H,5-6H2,1-4H3,(H,18,19)/t7-/m1/s1. The van der Waals surface area contributed by atoms with E-state index in [2.05, 4.69) is 23.8 Å². The molecule has 0 saturated heterocycles. The Labute approximate surface area is 147 Å². The molecule has 8 heteroatoms. The van der Waals surface area contributed by atoms with Crippen LogP contribution in [0.1, 0.15) is 31.2 Å². The van der Waals surface area contributed by atoms with Gasteiger partial charge in [-0.05, 0) is 32.6 Å². The monoisotopic (exact) mass is 370 g/mol. The van der Waals surface area contributed by atoms with Crippen molar-refractivity contribution < 1.29 is 14.6 Å². The van der Waals surface area contributed by atoms with Crippen LogP contribution in [0.2, 0.25) is 0 Å². The van der Waals surface area contributed by atoms with E-state index >= 15 is 0 Å². The Bertz CT molecular complexity index is 773. The first kappa shape index (κ1) is 17.0. The molecule has 124 valence electrons. The number of aromatic nitrogens is 2. The fraction of sp³-hybridized carbons (Fsp3) is 0.533. The molecular weight excluding hydrogens is 352 g/mol. The molecule has 2 aromatic rings. The summed E-state index contributed by atoms with van der Waals surface area (Å²) in [5.41, 5.74) is 0.994. The van der Waals surface area contributed by atoms with Gasteiger partial charge in [0.1, 0.15) is 15.1 Å². The summed E-state index contributed by atoms with van der Waals surface area (Å²) in [4.78, 5) is 22.5. The summed E-state index contributed by atoms with van der Waals surface area (Å²) in [6, 6.07) is 0. The van der Waals surface area contributed by atoms with Gasteiger partial charge in [0.25, 0.3) is 0 Å². The Hall–Kier alpha value is -0.830. The van der Waals surface area contributed by atoms with Gasteiger partial charge in [0.2, 0.25) is 0 Å². The molecule has 0 radical (unpaired) electrons. The van der Waals surface area contributed by atoms with Crippen molar-refractivity contribution in [3.05, 3.63) is 10.4 Å². The number of carbonyl (C=O) groups is 1. The number of aliphatic carboxylic acids is 1. The second kappa shape index (κ2) is 6.23. The third kappa shape index (κ3) is 3.35. The molecule has 0 aromatic carbocycles. The Morgan fingerprint density at radius 3 is 2.83 bits per heavy atom. The van der Waals surface area contributed by atoms with Crippen LogP contribution in [0, 0.1) is 0 Å². The van der Waals surface area contributed by atoms with E-state index < -0.39 is 11.2 Å². The lowest BCUT2D eigenvalue weighted by Gasteiger charge is -2.30. The highest BCUT2D eigenvalue weighted by Gasteiger charge is 2.31. The SMILES string of the molecule is CSc1nc(S[C@H](C)C(=O)O)c2c3c(sc2n1)COC(C)(C)C3. The maximum absolute atomic E-state index is 11.2. The minimum Gasteiger partial charge on any atom is -0.480 e. The molecule has 3 heterocycles. The molecule has 0 fully saturated rings. The normalized spacial score (nSPS) is 17.9. The van der Waals surface area contributed by atoms with Gasteiger partial charge in [0.15, 0.2) is 5.16 Å². The summed E-state index contributed by atoms with van der Waals surface area (Å²) in [5, 5.41) is 11.1. The minimum absolute atomic E-state index is 0.223. The highest BCUT2D eigenvalue weighted by molar-refractivity contribution is 8.00. The lowest BCUT2D eigenvalue weighted by Crippen LogP contribution is -2.31. The Morgan fingerprint density at radius 2 is 2.17 bits per heavy atom. The van der Waals surface area contributed by atoms with Gasteiger partial charge < -0.3 is 9.84 Å². The van der Waals surface area contributed by atoms with E-state index in [1.54, 1.807) is 18.3 Å². The molecular formula is C15H18N2O3S3. The molecule has 1 aliphatic rings. The van der Waals surface area contributed by atoms with Crippen LogP contribution in [0.3, 0.4) is 0 Å². The third-order valence-electron chi connectivity index (χ3n) is 3.70. The number of fused-ring (bicyclic) bond motifs is 3. The first-order valence-corrected chi connectivity index (χ1v) is 10.1. The molecule has 5 nitrogen and oxygen atoms in total. The highest BCUT2D eigenvalue weighted by atomic mass is 32.2. The van der Waals surface area contributed by atoms with Crippen molar-refractivity contribution in [1.29, 1.82) is 0 Å². The Balaban J connectivity index is 2.16. The number of carboxylic acid groups (broad SMARTS) is 1. The van der Waals surface area contributed by atoms with Crippen molar-refractivity contribution in [2.24, 2.45) is 0 Å². The summed E-state index contributed by atoms with van der Waals surface area (Å²) in [6.45, 7) is 6.41. The summed E-state index contributed by atoms with van der Waals surface area (Å²) in [5.74, 6) is -0.833. The van der Waals surface area contributed by atoms with E-state index in [0.29, 0.717) is 11.8 Å². The van der Waals surface area contributed by atoms with E-state index in [0.717, 1.165) is 21.7 Å². The fourth-order valence-corrected chi connectivity index (χ4v) is 5.05. The van der Waals surface area contributed by atoms with Crippen LogP contribution in [-0.4, -0.2) is 38.2 Å². The highest BCUT2D eigenvalue weighted by Crippen LogP contribution is 2.42. The van der Waals surface area contributed by atoms with Gasteiger partial charge in [-0.2, -0.15) is 0 Å². The Kier molecular flexibility index (Phi) is 4.61. The predicted molar refractivity (Wildman–Crippen MR) is 94.7 cm³/mol. The fourth-order valence-electron chi connectivity index (χ4n) is 2.49. The number of thiophene rings is 1. The molecule has 0 bridgehead atoms. The van der Waals surface area contributed by atoms with E-state index in [-0.39, 0.29) is 5.60 Å². The first-order chi connectivity index (χ1) is 10.8. The molecule has 1 atom stereocenters. The van der Waals surface area contributed by atoms with Crippen LogP contribution in [0.4, 0.5) is 0 Å². The lowest BCUT2D eigenvalue weighted by molar-refractivity contribution is -0.136. The summed E-state index contributed by atoms with van der Waals surface area (Å²) in [6.07, 6.45) is 2.72. The zero-order valence-electron chi connectivity index (χ0n) is 13.4. The smallest absolute Gasteiger partial charge is 0.316 e. The number of carboxylic acids is 1. The van der Waals surface area contributed by atoms with Crippen molar-refractivity contribution in [3.63, 3.8) is 0 Å². The van der Waals surface area contributed by atoms with Crippen molar-refractivity contribution >= 4 is 51.0 Å². The largest absolute Gasteiger partial charge is 0.480 e. The number of nitrogens with zero attached hydrogens (tertiary/aromatic N) is 2. The summed E-state index contributed by atoms with van der Waals surface area (Å²) in [7, 11) is 0. The van der Waals surface area contributed by atoms with Crippen LogP contribution in [0.25, 0.3) is 10.2 Å². The van der Waals surface area contributed by atoms with Gasteiger partial charge in [-0.1, -0.05) is 23.5 Å². The van der Waals surface area contributed by atoms with E-state index in [9.17, 15) is 9.90 Å². The summed E-state index contributed by atoms with van der Waals surface area (Å²) < 4.78 is 5.89. The van der Waals surface area contributed by atoms with Crippen LogP contribution in [0.5, 0.6) is 0 Å². The zero-order valence-corrected chi connectivity index (χ0v) is 15.8. The molecule has 2 aromatic heterocycles. The van der Waals surface area contributed by atoms with Gasteiger partial charge in [-0.15, -0.1) is 11.3 Å². The van der Waals surface area contributed by atoms with Gasteiger partial charge >= 0.3 is 5.97 Å². The molecule has 0 spiro atoms. The van der Waals surface area contributed by atoms with E-state index in [1.807, 2.05) is 6.26 Å². The van der Waals surface area contributed by atoms with Gasteiger partial charge in [-0.3, -0.25) is 4.79 Å². The molecule has 3 rings (SSSR count). The molecule has 1 N–H and O–H groups in total. The van der Waals surface area contributed by atoms with Crippen LogP contribution >= 0.6 is 34.9 Å². The average molecular weight is 371 g/mol. The second-order valence-electron chi connectivity index (χ2n) is 6.02. The molecule has 0 saturated carbocycles. The van der Waals surface area contributed by atoms with Crippen molar-refractivity contribution in [2.75, 3.05) is 6.26 Å². The topological polar surface area (TPSA) is 72.3 Å². The van der Waals surface area contributed by atoms with Crippen molar-refractivity contribution in [3.8, 4) is 0 Å². The quantitative estimate of drug-likeness (QED) is 0.498.